The number of likely N-dealkylation sites (tertiary alicyclic amines) is 1. The number of nitrogens with zero attached hydrogens (tertiary/aromatic N) is 4. The molecule has 0 bridgehead atoms. The van der Waals surface area contributed by atoms with Crippen LogP contribution in [0.1, 0.15) is 12.8 Å². The van der Waals surface area contributed by atoms with Crippen molar-refractivity contribution in [2.45, 2.75) is 25.0 Å². The van der Waals surface area contributed by atoms with E-state index in [1.807, 2.05) is 0 Å². The Bertz CT molecular complexity index is 576. The highest BCUT2D eigenvalue weighted by atomic mass is 35.5. The Morgan fingerprint density at radius 3 is 2.95 bits per heavy atom. The number of amides is 2. The molecule has 8 heteroatoms. The van der Waals surface area contributed by atoms with E-state index in [4.69, 9.17) is 16.3 Å². The first-order chi connectivity index (χ1) is 9.97. The van der Waals surface area contributed by atoms with Crippen LogP contribution in [0.4, 0.5) is 4.79 Å². The minimum absolute atomic E-state index is 0.0455. The van der Waals surface area contributed by atoms with Crippen LogP contribution in [0.5, 0.6) is 0 Å². The smallest absolute Gasteiger partial charge is 0.410 e. The lowest BCUT2D eigenvalue weighted by atomic mass is 10.0. The Morgan fingerprint density at radius 1 is 1.52 bits per heavy atom. The second-order valence-corrected chi connectivity index (χ2v) is 6.08. The van der Waals surface area contributed by atoms with Crippen molar-refractivity contribution in [3.05, 3.63) is 17.4 Å². The van der Waals surface area contributed by atoms with Crippen molar-refractivity contribution in [2.75, 3.05) is 26.7 Å². The van der Waals surface area contributed by atoms with Gasteiger partial charge in [-0.1, -0.05) is 11.6 Å². The summed E-state index contributed by atoms with van der Waals surface area (Å²) in [6, 6.07) is 0. The molecule has 2 aliphatic heterocycles. The standard InChI is InChI=1S/C13H17ClN4O3/c1-16-8-13(21-12(16)20)3-5-17(9-13)11(19)2-4-18-7-10(14)6-15-18/h6-7H,2-5,8-9H2,1H3/t13-/m0/s1. The quantitative estimate of drug-likeness (QED) is 0.834. The minimum atomic E-state index is -0.517. The summed E-state index contributed by atoms with van der Waals surface area (Å²) in [6.45, 7) is 2.14. The van der Waals surface area contributed by atoms with Crippen LogP contribution in [-0.2, 0) is 16.1 Å². The van der Waals surface area contributed by atoms with Gasteiger partial charge in [-0.2, -0.15) is 5.10 Å². The number of carbonyl (C=O) groups excluding carboxylic acids is 2. The fraction of sp³-hybridized carbons (Fsp3) is 0.615. The lowest BCUT2D eigenvalue weighted by Gasteiger charge is -2.21. The van der Waals surface area contributed by atoms with Gasteiger partial charge < -0.3 is 14.5 Å². The van der Waals surface area contributed by atoms with E-state index in [2.05, 4.69) is 5.10 Å². The van der Waals surface area contributed by atoms with Crippen LogP contribution >= 0.6 is 11.6 Å². The van der Waals surface area contributed by atoms with E-state index in [1.54, 1.807) is 33.9 Å². The Labute approximate surface area is 127 Å². The summed E-state index contributed by atoms with van der Waals surface area (Å²) in [7, 11) is 1.71. The summed E-state index contributed by atoms with van der Waals surface area (Å²) >= 11 is 5.78. The van der Waals surface area contributed by atoms with E-state index in [0.29, 0.717) is 44.0 Å². The Morgan fingerprint density at radius 2 is 2.33 bits per heavy atom. The summed E-state index contributed by atoms with van der Waals surface area (Å²) in [6.07, 6.45) is 3.98. The second kappa shape index (κ2) is 5.22. The molecule has 0 radical (unpaired) electrons. The number of hydrogen-bond acceptors (Lipinski definition) is 4. The van der Waals surface area contributed by atoms with E-state index in [1.165, 1.54) is 0 Å². The van der Waals surface area contributed by atoms with Crippen molar-refractivity contribution in [1.82, 2.24) is 19.6 Å². The predicted molar refractivity (Wildman–Crippen MR) is 74.9 cm³/mol. The van der Waals surface area contributed by atoms with Gasteiger partial charge in [-0.25, -0.2) is 4.79 Å². The van der Waals surface area contributed by atoms with Crippen molar-refractivity contribution >= 4 is 23.6 Å². The molecule has 2 fully saturated rings. The zero-order valence-corrected chi connectivity index (χ0v) is 12.5. The SMILES string of the molecule is CN1C[C@]2(CCN(C(=O)CCn3cc(Cl)cn3)C2)OC1=O. The maximum absolute atomic E-state index is 12.2. The van der Waals surface area contributed by atoms with E-state index in [0.717, 1.165) is 0 Å². The predicted octanol–water partition coefficient (Wildman–Crippen LogP) is 0.980. The molecule has 7 nitrogen and oxygen atoms in total. The van der Waals surface area contributed by atoms with Crippen LogP contribution in [-0.4, -0.2) is 63.9 Å². The van der Waals surface area contributed by atoms with Gasteiger partial charge in [-0.15, -0.1) is 0 Å². The number of halogens is 1. The van der Waals surface area contributed by atoms with Crippen LogP contribution in [0.15, 0.2) is 12.4 Å². The van der Waals surface area contributed by atoms with Gasteiger partial charge in [-0.3, -0.25) is 9.48 Å². The molecule has 3 heterocycles. The van der Waals surface area contributed by atoms with Crippen LogP contribution in [0.2, 0.25) is 5.02 Å². The fourth-order valence-corrected chi connectivity index (χ4v) is 3.05. The Balaban J connectivity index is 1.54. The van der Waals surface area contributed by atoms with Gasteiger partial charge in [0.05, 0.1) is 24.3 Å². The van der Waals surface area contributed by atoms with Crippen molar-refractivity contribution < 1.29 is 14.3 Å². The highest BCUT2D eigenvalue weighted by Crippen LogP contribution is 2.31. The molecule has 114 valence electrons. The molecular weight excluding hydrogens is 296 g/mol. The lowest BCUT2D eigenvalue weighted by molar-refractivity contribution is -0.131. The van der Waals surface area contributed by atoms with Crippen LogP contribution in [0, 0.1) is 0 Å². The second-order valence-electron chi connectivity index (χ2n) is 5.64. The minimum Gasteiger partial charge on any atom is -0.439 e. The topological polar surface area (TPSA) is 67.7 Å². The summed E-state index contributed by atoms with van der Waals surface area (Å²) in [5.74, 6) is 0.0455. The molecule has 2 aliphatic rings. The van der Waals surface area contributed by atoms with E-state index in [-0.39, 0.29) is 12.0 Å². The zero-order chi connectivity index (χ0) is 15.0. The normalized spacial score (nSPS) is 25.0. The van der Waals surface area contributed by atoms with Gasteiger partial charge >= 0.3 is 6.09 Å². The highest BCUT2D eigenvalue weighted by molar-refractivity contribution is 6.30. The van der Waals surface area contributed by atoms with E-state index in [9.17, 15) is 9.59 Å². The van der Waals surface area contributed by atoms with Gasteiger partial charge in [0, 0.05) is 39.2 Å². The van der Waals surface area contributed by atoms with Crippen molar-refractivity contribution in [3.8, 4) is 0 Å². The third-order valence-corrected chi connectivity index (χ3v) is 4.16. The van der Waals surface area contributed by atoms with Crippen LogP contribution in [0.25, 0.3) is 0 Å². The summed E-state index contributed by atoms with van der Waals surface area (Å²) < 4.78 is 7.07. The molecule has 1 aromatic rings. The molecule has 1 atom stereocenters. The molecule has 21 heavy (non-hydrogen) atoms. The first-order valence-corrected chi connectivity index (χ1v) is 7.25. The zero-order valence-electron chi connectivity index (χ0n) is 11.8. The third kappa shape index (κ3) is 2.83. The first kappa shape index (κ1) is 14.2. The molecular formula is C13H17ClN4O3. The molecule has 2 amide bonds. The molecule has 2 saturated heterocycles. The summed E-state index contributed by atoms with van der Waals surface area (Å²) in [5, 5.41) is 4.60. The maximum atomic E-state index is 12.2. The van der Waals surface area contributed by atoms with Crippen molar-refractivity contribution in [1.29, 1.82) is 0 Å². The van der Waals surface area contributed by atoms with Crippen LogP contribution in [0.3, 0.4) is 0 Å². The summed E-state index contributed by atoms with van der Waals surface area (Å²) in [4.78, 5) is 27.0. The lowest BCUT2D eigenvalue weighted by Crippen LogP contribution is -2.39. The van der Waals surface area contributed by atoms with Gasteiger partial charge in [0.2, 0.25) is 5.91 Å². The molecule has 0 saturated carbocycles. The van der Waals surface area contributed by atoms with Crippen LogP contribution < -0.4 is 0 Å². The van der Waals surface area contributed by atoms with Gasteiger partial charge in [0.1, 0.15) is 0 Å². The number of rotatable bonds is 3. The van der Waals surface area contributed by atoms with E-state index >= 15 is 0 Å². The average molecular weight is 313 g/mol. The molecule has 0 N–H and O–H groups in total. The molecule has 1 spiro atoms. The van der Waals surface area contributed by atoms with E-state index < -0.39 is 5.60 Å². The number of aromatic nitrogens is 2. The first-order valence-electron chi connectivity index (χ1n) is 6.87. The fourth-order valence-electron chi connectivity index (χ4n) is 2.89. The Hall–Kier alpha value is -1.76. The molecule has 0 aliphatic carbocycles. The number of ether oxygens (including phenoxy) is 1. The highest BCUT2D eigenvalue weighted by Gasteiger charge is 2.49. The monoisotopic (exact) mass is 312 g/mol. The van der Waals surface area contributed by atoms with Crippen molar-refractivity contribution in [3.63, 3.8) is 0 Å². The molecule has 1 aromatic heterocycles. The van der Waals surface area contributed by atoms with Gasteiger partial charge in [0.25, 0.3) is 0 Å². The molecule has 0 unspecified atom stereocenters. The van der Waals surface area contributed by atoms with Gasteiger partial charge in [0.15, 0.2) is 5.60 Å². The van der Waals surface area contributed by atoms with Crippen molar-refractivity contribution in [2.24, 2.45) is 0 Å². The Kier molecular flexibility index (Phi) is 3.52. The number of aryl methyl sites for hydroxylation is 1. The average Bonchev–Trinajstić information content (AvgIpc) is 3.09. The number of hydrogen-bond donors (Lipinski definition) is 0. The largest absolute Gasteiger partial charge is 0.439 e. The number of carbonyl (C=O) groups is 2. The van der Waals surface area contributed by atoms with Gasteiger partial charge in [-0.05, 0) is 0 Å². The maximum Gasteiger partial charge on any atom is 0.410 e. The number of likely N-dealkylation sites (N-methyl/N-ethyl adjacent to an activating group) is 1. The molecule has 3 rings (SSSR count). The molecule has 0 aromatic carbocycles. The third-order valence-electron chi connectivity index (χ3n) is 3.97. The summed E-state index contributed by atoms with van der Waals surface area (Å²) in [5.41, 5.74) is -0.517.